The van der Waals surface area contributed by atoms with Crippen LogP contribution in [-0.4, -0.2) is 18.5 Å². The lowest BCUT2D eigenvalue weighted by molar-refractivity contribution is -0.00000552. The Morgan fingerprint density at radius 3 is 1.27 bits per heavy atom. The van der Waals surface area contributed by atoms with Gasteiger partial charge >= 0.3 is 0 Å². The summed E-state index contributed by atoms with van der Waals surface area (Å²) in [5, 5.41) is 1.74. The molecule has 0 saturated carbocycles. The predicted octanol–water partition coefficient (Wildman–Crippen LogP) is 5.07. The summed E-state index contributed by atoms with van der Waals surface area (Å²) in [6.07, 6.45) is 21.5. The van der Waals surface area contributed by atoms with Crippen molar-refractivity contribution in [3.63, 3.8) is 0 Å². The van der Waals surface area contributed by atoms with Gasteiger partial charge in [0.15, 0.2) is 0 Å². The first-order valence-corrected chi connectivity index (χ1v) is 13.5. The van der Waals surface area contributed by atoms with Crippen molar-refractivity contribution < 1.29 is 24.0 Å². The third-order valence-electron chi connectivity index (χ3n) is 5.62. The molecule has 0 aromatic heterocycles. The first-order chi connectivity index (χ1) is 12.3. The van der Waals surface area contributed by atoms with Gasteiger partial charge in [0.1, 0.15) is 0 Å². The number of rotatable bonds is 16. The highest BCUT2D eigenvalue weighted by molar-refractivity contribution is 7.82. The second kappa shape index (κ2) is 17.5. The largest absolute Gasteiger partial charge is 1.00 e. The maximum absolute atomic E-state index is 2.47. The molecule has 0 saturated heterocycles. The zero-order chi connectivity index (χ0) is 18.2. The first kappa shape index (κ1) is 26.4. The van der Waals surface area contributed by atoms with Gasteiger partial charge in [0.2, 0.25) is 0 Å². The van der Waals surface area contributed by atoms with Gasteiger partial charge in [0.25, 0.3) is 0 Å². The summed E-state index contributed by atoms with van der Waals surface area (Å²) in [6, 6.07) is 11.7. The Bertz CT molecular complexity index is 373. The summed E-state index contributed by atoms with van der Waals surface area (Å²) in [6.45, 7) is 6.99. The molecule has 26 heavy (non-hydrogen) atoms. The Balaban J connectivity index is 0.00000625. The minimum Gasteiger partial charge on any atom is -1.00 e. The molecule has 0 bridgehead atoms. The van der Waals surface area contributed by atoms with Crippen LogP contribution >= 0.6 is 7.26 Å². The van der Waals surface area contributed by atoms with Gasteiger partial charge in [-0.2, -0.15) is 0 Å². The van der Waals surface area contributed by atoms with Crippen molar-refractivity contribution in [2.75, 3.05) is 18.5 Å². The molecule has 2 heteroatoms. The number of hydrogen-bond donors (Lipinski definition) is 0. The minimum atomic E-state index is -0.969. The van der Waals surface area contributed by atoms with E-state index in [9.17, 15) is 0 Å². The van der Waals surface area contributed by atoms with Gasteiger partial charge in [-0.05, 0) is 50.7 Å². The summed E-state index contributed by atoms with van der Waals surface area (Å²) in [5.41, 5.74) is 0. The first-order valence-electron chi connectivity index (χ1n) is 11.2. The highest BCUT2D eigenvalue weighted by Crippen LogP contribution is 2.59. The van der Waals surface area contributed by atoms with E-state index in [0.717, 1.165) is 0 Å². The van der Waals surface area contributed by atoms with Gasteiger partial charge in [-0.15, -0.1) is 0 Å². The highest BCUT2D eigenvalue weighted by Gasteiger charge is 2.38. The van der Waals surface area contributed by atoms with E-state index in [-0.39, 0.29) is 24.0 Å². The van der Waals surface area contributed by atoms with Crippen LogP contribution in [0.1, 0.15) is 97.8 Å². The molecule has 0 atom stereocenters. The molecule has 1 aromatic rings. The lowest BCUT2D eigenvalue weighted by Crippen LogP contribution is -3.00. The molecule has 0 spiro atoms. The van der Waals surface area contributed by atoms with E-state index < -0.39 is 7.26 Å². The van der Waals surface area contributed by atoms with E-state index in [2.05, 4.69) is 51.1 Å². The van der Waals surface area contributed by atoms with Crippen molar-refractivity contribution in [3.8, 4) is 0 Å². The fourth-order valence-electron chi connectivity index (χ4n) is 3.99. The molecule has 0 aliphatic rings. The average molecular weight is 490 g/mol. The van der Waals surface area contributed by atoms with E-state index in [0.29, 0.717) is 0 Å². The quantitative estimate of drug-likeness (QED) is 0.172. The molecule has 0 fully saturated rings. The molecule has 0 N–H and O–H groups in total. The van der Waals surface area contributed by atoms with Crippen molar-refractivity contribution in [2.24, 2.45) is 0 Å². The standard InChI is InChI=1S/C24H44P.HI/c1-4-7-10-16-21-25(22-17-11-8-5-2,23-18-12-9-6-3)24-19-14-13-15-20-24;/h13-15,19-20H,4-12,16-18,21-23H2,1-3H3;1H/q+1;/p-1. The lowest BCUT2D eigenvalue weighted by atomic mass is 10.2. The van der Waals surface area contributed by atoms with E-state index >= 15 is 0 Å². The maximum Gasteiger partial charge on any atom is 0.0939 e. The summed E-state index contributed by atoms with van der Waals surface area (Å²) in [7, 11) is -0.969. The van der Waals surface area contributed by atoms with E-state index in [1.807, 2.05) is 0 Å². The monoisotopic (exact) mass is 490 g/mol. The Morgan fingerprint density at radius 1 is 0.538 bits per heavy atom. The Kier molecular flexibility index (Phi) is 17.7. The van der Waals surface area contributed by atoms with Crippen LogP contribution in [-0.2, 0) is 0 Å². The number of benzene rings is 1. The van der Waals surface area contributed by atoms with Crippen molar-refractivity contribution in [3.05, 3.63) is 30.3 Å². The average Bonchev–Trinajstić information content (AvgIpc) is 2.66. The van der Waals surface area contributed by atoms with Crippen LogP contribution < -0.4 is 29.3 Å². The molecule has 152 valence electrons. The Hall–Kier alpha value is 0.380. The molecule has 1 rings (SSSR count). The van der Waals surface area contributed by atoms with Crippen LogP contribution in [0.4, 0.5) is 0 Å². The highest BCUT2D eigenvalue weighted by atomic mass is 127. The zero-order valence-electron chi connectivity index (χ0n) is 17.8. The van der Waals surface area contributed by atoms with Crippen LogP contribution in [0.5, 0.6) is 0 Å². The third-order valence-corrected chi connectivity index (χ3v) is 10.5. The fourth-order valence-corrected chi connectivity index (χ4v) is 8.73. The second-order valence-corrected chi connectivity index (χ2v) is 12.0. The molecule has 0 aliphatic heterocycles. The van der Waals surface area contributed by atoms with Crippen molar-refractivity contribution in [2.45, 2.75) is 97.8 Å². The minimum absolute atomic E-state index is 0. The number of halogens is 1. The van der Waals surface area contributed by atoms with Gasteiger partial charge in [-0.25, -0.2) is 0 Å². The van der Waals surface area contributed by atoms with Gasteiger partial charge in [-0.3, -0.25) is 0 Å². The Labute approximate surface area is 182 Å². The number of unbranched alkanes of at least 4 members (excludes halogenated alkanes) is 9. The second-order valence-electron chi connectivity index (χ2n) is 7.83. The molecule has 0 nitrogen and oxygen atoms in total. The van der Waals surface area contributed by atoms with Gasteiger partial charge in [-0.1, -0.05) is 77.5 Å². The summed E-state index contributed by atoms with van der Waals surface area (Å²) in [5.74, 6) is 0. The summed E-state index contributed by atoms with van der Waals surface area (Å²) < 4.78 is 0. The predicted molar refractivity (Wildman–Crippen MR) is 120 cm³/mol. The van der Waals surface area contributed by atoms with Gasteiger partial charge in [0, 0.05) is 7.26 Å². The van der Waals surface area contributed by atoms with E-state index in [1.165, 1.54) is 95.5 Å². The molecule has 0 unspecified atom stereocenters. The van der Waals surface area contributed by atoms with Crippen molar-refractivity contribution in [1.82, 2.24) is 0 Å². The van der Waals surface area contributed by atoms with Crippen LogP contribution in [0.2, 0.25) is 0 Å². The summed E-state index contributed by atoms with van der Waals surface area (Å²) >= 11 is 0. The molecular weight excluding hydrogens is 446 g/mol. The molecule has 0 aliphatic carbocycles. The summed E-state index contributed by atoms with van der Waals surface area (Å²) in [4.78, 5) is 0. The number of hydrogen-bond acceptors (Lipinski definition) is 0. The SMILES string of the molecule is CCCCCC[P+](CCCCCC)(CCCCCC)c1ccccc1.[I-]. The van der Waals surface area contributed by atoms with Crippen LogP contribution in [0.25, 0.3) is 0 Å². The fraction of sp³-hybridized carbons (Fsp3) is 0.750. The van der Waals surface area contributed by atoms with Crippen LogP contribution in [0, 0.1) is 0 Å². The third kappa shape index (κ3) is 10.6. The Morgan fingerprint density at radius 2 is 0.923 bits per heavy atom. The normalized spacial score (nSPS) is 11.3. The van der Waals surface area contributed by atoms with E-state index in [1.54, 1.807) is 5.30 Å². The van der Waals surface area contributed by atoms with Crippen LogP contribution in [0.15, 0.2) is 30.3 Å². The maximum atomic E-state index is 2.47. The smallest absolute Gasteiger partial charge is 0.0939 e. The topological polar surface area (TPSA) is 0 Å². The van der Waals surface area contributed by atoms with Crippen LogP contribution in [0.3, 0.4) is 0 Å². The molecule has 1 aromatic carbocycles. The van der Waals surface area contributed by atoms with Gasteiger partial charge < -0.3 is 24.0 Å². The zero-order valence-corrected chi connectivity index (χ0v) is 20.9. The van der Waals surface area contributed by atoms with Crippen molar-refractivity contribution in [1.29, 1.82) is 0 Å². The molecule has 0 heterocycles. The van der Waals surface area contributed by atoms with Crippen molar-refractivity contribution >= 4 is 12.6 Å². The molecule has 0 amide bonds. The molecular formula is C24H44IP. The lowest BCUT2D eigenvalue weighted by Gasteiger charge is -2.28. The molecule has 0 radical (unpaired) electrons. The van der Waals surface area contributed by atoms with Gasteiger partial charge in [0.05, 0.1) is 23.8 Å². The van der Waals surface area contributed by atoms with E-state index in [4.69, 9.17) is 0 Å².